The number of oxime groups is 1. The molecule has 0 aliphatic heterocycles. The molecule has 0 bridgehead atoms. The van der Waals surface area contributed by atoms with Crippen LogP contribution in [0.5, 0.6) is 11.6 Å². The van der Waals surface area contributed by atoms with E-state index in [9.17, 15) is 4.79 Å². The van der Waals surface area contributed by atoms with Crippen LogP contribution in [0.15, 0.2) is 29.7 Å². The number of nitrogen functional groups attached to an aromatic ring is 1. The monoisotopic (exact) mass is 300 g/mol. The molecule has 1 heterocycles. The van der Waals surface area contributed by atoms with Gasteiger partial charge in [-0.3, -0.25) is 4.79 Å². The van der Waals surface area contributed by atoms with Crippen molar-refractivity contribution < 1.29 is 14.4 Å². The molecule has 114 valence electrons. The highest BCUT2D eigenvalue weighted by molar-refractivity contribution is 5.99. The average Bonchev–Trinajstić information content (AvgIpc) is 2.48. The Balaban J connectivity index is 2.33. The van der Waals surface area contributed by atoms with Crippen molar-refractivity contribution in [1.82, 2.24) is 9.97 Å². The Morgan fingerprint density at radius 2 is 2.14 bits per heavy atom. The van der Waals surface area contributed by atoms with Gasteiger partial charge in [-0.15, -0.1) is 0 Å². The highest BCUT2D eigenvalue weighted by Crippen LogP contribution is 2.26. The topological polar surface area (TPSA) is 99.7 Å². The van der Waals surface area contributed by atoms with Gasteiger partial charge in [-0.2, -0.15) is 0 Å². The quantitative estimate of drug-likeness (QED) is 0.517. The molecule has 2 rings (SSSR count). The molecule has 0 spiro atoms. The highest BCUT2D eigenvalue weighted by Gasteiger charge is 2.12. The SMILES string of the molecule is CON=C(C)c1ccc(Oc2ncnc(N)c2C=O)cc1C. The maximum Gasteiger partial charge on any atom is 0.235 e. The molecule has 0 atom stereocenters. The van der Waals surface area contributed by atoms with Crippen molar-refractivity contribution >= 4 is 17.8 Å². The zero-order valence-corrected chi connectivity index (χ0v) is 12.5. The molecular weight excluding hydrogens is 284 g/mol. The number of nitrogens with zero attached hydrogens (tertiary/aromatic N) is 3. The Morgan fingerprint density at radius 1 is 1.36 bits per heavy atom. The predicted octanol–water partition coefficient (Wildman–Crippen LogP) is 2.34. The Morgan fingerprint density at radius 3 is 2.77 bits per heavy atom. The number of aryl methyl sites for hydroxylation is 1. The molecule has 2 N–H and O–H groups in total. The molecule has 1 aromatic heterocycles. The lowest BCUT2D eigenvalue weighted by atomic mass is 10.1. The van der Waals surface area contributed by atoms with E-state index in [0.717, 1.165) is 16.8 Å². The predicted molar refractivity (Wildman–Crippen MR) is 82.3 cm³/mol. The number of hydrogen-bond donors (Lipinski definition) is 1. The van der Waals surface area contributed by atoms with Crippen LogP contribution in [0.3, 0.4) is 0 Å². The van der Waals surface area contributed by atoms with Gasteiger partial charge in [0.15, 0.2) is 6.29 Å². The molecule has 2 aromatic rings. The molecule has 7 nitrogen and oxygen atoms in total. The van der Waals surface area contributed by atoms with E-state index in [2.05, 4.69) is 15.1 Å². The third-order valence-electron chi connectivity index (χ3n) is 3.03. The largest absolute Gasteiger partial charge is 0.438 e. The fourth-order valence-electron chi connectivity index (χ4n) is 1.99. The fraction of sp³-hybridized carbons (Fsp3) is 0.200. The number of benzene rings is 1. The van der Waals surface area contributed by atoms with E-state index in [1.54, 1.807) is 6.07 Å². The number of hydrogen-bond acceptors (Lipinski definition) is 7. The smallest absolute Gasteiger partial charge is 0.235 e. The lowest BCUT2D eigenvalue weighted by molar-refractivity contribution is 0.112. The van der Waals surface area contributed by atoms with Gasteiger partial charge in [0.2, 0.25) is 5.88 Å². The van der Waals surface area contributed by atoms with Crippen LogP contribution in [0.2, 0.25) is 0 Å². The number of nitrogens with two attached hydrogens (primary N) is 1. The van der Waals surface area contributed by atoms with Crippen molar-refractivity contribution in [2.24, 2.45) is 5.16 Å². The van der Waals surface area contributed by atoms with Crippen LogP contribution in [0.1, 0.15) is 28.4 Å². The van der Waals surface area contributed by atoms with Crippen LogP contribution in [0.4, 0.5) is 5.82 Å². The van der Waals surface area contributed by atoms with Gasteiger partial charge in [-0.25, -0.2) is 9.97 Å². The minimum absolute atomic E-state index is 0.0800. The number of anilines is 1. The molecule has 22 heavy (non-hydrogen) atoms. The summed E-state index contributed by atoms with van der Waals surface area (Å²) in [6, 6.07) is 5.43. The van der Waals surface area contributed by atoms with Gasteiger partial charge < -0.3 is 15.3 Å². The second kappa shape index (κ2) is 6.66. The first kappa shape index (κ1) is 15.4. The van der Waals surface area contributed by atoms with E-state index in [-0.39, 0.29) is 17.3 Å². The number of rotatable bonds is 5. The minimum atomic E-state index is 0.0800. The summed E-state index contributed by atoms with van der Waals surface area (Å²) < 4.78 is 5.62. The van der Waals surface area contributed by atoms with Crippen LogP contribution in [-0.2, 0) is 4.84 Å². The van der Waals surface area contributed by atoms with Crippen molar-refractivity contribution in [3.8, 4) is 11.6 Å². The average molecular weight is 300 g/mol. The first-order valence-electron chi connectivity index (χ1n) is 6.49. The molecule has 0 amide bonds. The van der Waals surface area contributed by atoms with E-state index in [1.807, 2.05) is 26.0 Å². The zero-order chi connectivity index (χ0) is 16.1. The lowest BCUT2D eigenvalue weighted by Gasteiger charge is -2.10. The summed E-state index contributed by atoms with van der Waals surface area (Å²) in [5, 5.41) is 3.90. The van der Waals surface area contributed by atoms with Gasteiger partial charge in [0.25, 0.3) is 0 Å². The Bertz CT molecular complexity index is 729. The lowest BCUT2D eigenvalue weighted by Crippen LogP contribution is -2.03. The summed E-state index contributed by atoms with van der Waals surface area (Å²) in [6.07, 6.45) is 1.82. The van der Waals surface area contributed by atoms with E-state index >= 15 is 0 Å². The molecule has 0 aliphatic rings. The Kier molecular flexibility index (Phi) is 4.67. The first-order chi connectivity index (χ1) is 10.6. The number of aromatic nitrogens is 2. The summed E-state index contributed by atoms with van der Waals surface area (Å²) >= 11 is 0. The standard InChI is InChI=1S/C15H16N4O3/c1-9-6-11(4-5-12(9)10(2)19-21-3)22-15-13(7-20)14(16)17-8-18-15/h4-8H,1-3H3,(H2,16,17,18). The summed E-state index contributed by atoms with van der Waals surface area (Å²) in [6.45, 7) is 3.77. The van der Waals surface area contributed by atoms with Crippen LogP contribution in [-0.4, -0.2) is 29.1 Å². The molecular formula is C15H16N4O3. The maximum atomic E-state index is 11.1. The van der Waals surface area contributed by atoms with Crippen LogP contribution >= 0.6 is 0 Å². The van der Waals surface area contributed by atoms with E-state index < -0.39 is 0 Å². The van der Waals surface area contributed by atoms with Crippen molar-refractivity contribution in [3.05, 3.63) is 41.2 Å². The summed E-state index contributed by atoms with van der Waals surface area (Å²) in [5.74, 6) is 0.737. The van der Waals surface area contributed by atoms with E-state index in [0.29, 0.717) is 12.0 Å². The van der Waals surface area contributed by atoms with Crippen molar-refractivity contribution in [2.45, 2.75) is 13.8 Å². The molecule has 0 saturated carbocycles. The maximum absolute atomic E-state index is 11.1. The first-order valence-corrected chi connectivity index (χ1v) is 6.49. The van der Waals surface area contributed by atoms with Crippen molar-refractivity contribution in [2.75, 3.05) is 12.8 Å². The third-order valence-corrected chi connectivity index (χ3v) is 3.03. The normalized spacial score (nSPS) is 11.1. The van der Waals surface area contributed by atoms with Gasteiger partial charge in [-0.05, 0) is 37.6 Å². The summed E-state index contributed by atoms with van der Waals surface area (Å²) in [7, 11) is 1.50. The number of aldehydes is 1. The highest BCUT2D eigenvalue weighted by atomic mass is 16.6. The number of carbonyl (C=O) groups is 1. The number of carbonyl (C=O) groups excluding carboxylic acids is 1. The van der Waals surface area contributed by atoms with Gasteiger partial charge >= 0.3 is 0 Å². The molecule has 0 saturated heterocycles. The van der Waals surface area contributed by atoms with Gasteiger partial charge in [0.05, 0.1) is 5.71 Å². The van der Waals surface area contributed by atoms with Crippen molar-refractivity contribution in [3.63, 3.8) is 0 Å². The van der Waals surface area contributed by atoms with Gasteiger partial charge in [0.1, 0.15) is 30.6 Å². The molecule has 7 heteroatoms. The zero-order valence-electron chi connectivity index (χ0n) is 12.5. The Labute approximate surface area is 127 Å². The van der Waals surface area contributed by atoms with E-state index in [4.69, 9.17) is 15.3 Å². The summed E-state index contributed by atoms with van der Waals surface area (Å²) in [4.78, 5) is 23.5. The molecule has 0 fully saturated rings. The van der Waals surface area contributed by atoms with Crippen LogP contribution < -0.4 is 10.5 Å². The van der Waals surface area contributed by atoms with Gasteiger partial charge in [0, 0.05) is 5.56 Å². The molecule has 0 aliphatic carbocycles. The van der Waals surface area contributed by atoms with Gasteiger partial charge in [-0.1, -0.05) is 5.16 Å². The third kappa shape index (κ3) is 3.20. The molecule has 0 radical (unpaired) electrons. The van der Waals surface area contributed by atoms with Crippen LogP contribution in [0, 0.1) is 6.92 Å². The van der Waals surface area contributed by atoms with Crippen molar-refractivity contribution in [1.29, 1.82) is 0 Å². The minimum Gasteiger partial charge on any atom is -0.438 e. The molecule has 0 unspecified atom stereocenters. The Hall–Kier alpha value is -2.96. The van der Waals surface area contributed by atoms with Crippen LogP contribution in [0.25, 0.3) is 0 Å². The fourth-order valence-corrected chi connectivity index (χ4v) is 1.99. The number of ether oxygens (including phenoxy) is 1. The second-order valence-corrected chi connectivity index (χ2v) is 4.53. The molecule has 1 aromatic carbocycles. The summed E-state index contributed by atoms with van der Waals surface area (Å²) in [5.41, 5.74) is 8.39. The second-order valence-electron chi connectivity index (χ2n) is 4.53. The van der Waals surface area contributed by atoms with E-state index in [1.165, 1.54) is 13.4 Å².